The number of aromatic nitrogens is 2. The second-order valence-electron chi connectivity index (χ2n) is 28.1. The zero-order valence-corrected chi connectivity index (χ0v) is 60.7. The fourth-order valence-corrected chi connectivity index (χ4v) is 16.9. The first kappa shape index (κ1) is 66.9. The molecule has 0 fully saturated rings. The molecule has 0 spiro atoms. The van der Waals surface area contributed by atoms with E-state index < -0.39 is 0 Å². The minimum Gasteiger partial charge on any atom is -0.397 e. The van der Waals surface area contributed by atoms with Crippen LogP contribution in [0.5, 0.6) is 0 Å². The highest BCUT2D eigenvalue weighted by Crippen LogP contribution is 2.50. The number of hydrogen-bond donors (Lipinski definition) is 2. The van der Waals surface area contributed by atoms with E-state index in [0.717, 1.165) is 89.7 Å². The Bertz CT molecular complexity index is 6870. The minimum absolute atomic E-state index is 0.748. The molecular formula is C106H72N4O. The van der Waals surface area contributed by atoms with E-state index in [9.17, 15) is 4.79 Å². The van der Waals surface area contributed by atoms with Gasteiger partial charge in [-0.1, -0.05) is 364 Å². The van der Waals surface area contributed by atoms with Crippen molar-refractivity contribution in [2.45, 2.75) is 0 Å². The van der Waals surface area contributed by atoms with E-state index in [1.165, 1.54) is 120 Å². The van der Waals surface area contributed by atoms with Crippen molar-refractivity contribution in [3.8, 4) is 83.8 Å². The van der Waals surface area contributed by atoms with Gasteiger partial charge in [0, 0.05) is 22.5 Å². The van der Waals surface area contributed by atoms with E-state index in [1.807, 2.05) is 66.7 Å². The molecule has 5 heteroatoms. The normalized spacial score (nSPS) is 11.3. The van der Waals surface area contributed by atoms with Gasteiger partial charge in [0.25, 0.3) is 0 Å². The number of anilines is 3. The first-order valence-corrected chi connectivity index (χ1v) is 37.7. The molecule has 20 aromatic carbocycles. The van der Waals surface area contributed by atoms with E-state index in [1.54, 1.807) is 0 Å². The summed E-state index contributed by atoms with van der Waals surface area (Å²) in [6, 6.07) is 146. The molecular weight excluding hydrogens is 1350 g/mol. The highest BCUT2D eigenvalue weighted by molar-refractivity contribution is 6.26. The van der Waals surface area contributed by atoms with Gasteiger partial charge < -0.3 is 11.1 Å². The Balaban J connectivity index is 0.000000131. The lowest BCUT2D eigenvalue weighted by atomic mass is 9.85. The van der Waals surface area contributed by atoms with Gasteiger partial charge in [-0.2, -0.15) is 0 Å². The van der Waals surface area contributed by atoms with Gasteiger partial charge >= 0.3 is 0 Å². The summed E-state index contributed by atoms with van der Waals surface area (Å²) in [6.07, 6.45) is 0.993. The van der Waals surface area contributed by atoms with Crippen LogP contribution < -0.4 is 11.1 Å². The Hall–Kier alpha value is -14.8. The Kier molecular flexibility index (Phi) is 17.6. The van der Waals surface area contributed by atoms with Gasteiger partial charge in [0.05, 0.1) is 22.4 Å². The Morgan fingerprint density at radius 3 is 0.829 bits per heavy atom. The maximum absolute atomic E-state index is 12.2. The molecule has 0 amide bonds. The molecule has 5 nitrogen and oxygen atoms in total. The minimum atomic E-state index is 0.748. The molecule has 0 aliphatic rings. The van der Waals surface area contributed by atoms with E-state index in [2.05, 4.69) is 356 Å². The maximum atomic E-state index is 12.2. The number of para-hydroxylation sites is 6. The molecule has 0 atom stereocenters. The van der Waals surface area contributed by atoms with Crippen LogP contribution in [0.2, 0.25) is 0 Å². The average Bonchev–Trinajstić information content (AvgIpc) is 1.62. The first-order chi connectivity index (χ1) is 55.0. The summed E-state index contributed by atoms with van der Waals surface area (Å²) in [4.78, 5) is 17.6. The first-order valence-electron chi connectivity index (χ1n) is 37.7. The zero-order valence-electron chi connectivity index (χ0n) is 60.7. The van der Waals surface area contributed by atoms with Crippen LogP contribution in [0, 0.1) is 0 Å². The molecule has 0 saturated heterocycles. The Morgan fingerprint density at radius 2 is 0.495 bits per heavy atom. The van der Waals surface area contributed by atoms with Crippen molar-refractivity contribution in [1.82, 2.24) is 9.55 Å². The topological polar surface area (TPSA) is 72.9 Å². The lowest BCUT2D eigenvalue weighted by molar-refractivity contribution is 0.112. The number of imidazole rings is 1. The van der Waals surface area contributed by atoms with Crippen LogP contribution in [0.25, 0.3) is 181 Å². The summed E-state index contributed by atoms with van der Waals surface area (Å²) in [6.45, 7) is 0. The van der Waals surface area contributed by atoms with Crippen LogP contribution in [0.1, 0.15) is 10.4 Å². The fraction of sp³-hybridized carbons (Fsp3) is 0. The van der Waals surface area contributed by atoms with Crippen LogP contribution in [-0.4, -0.2) is 15.8 Å². The summed E-state index contributed by atoms with van der Waals surface area (Å²) >= 11 is 0. The number of nitrogen functional groups attached to an aromatic ring is 1. The van der Waals surface area contributed by atoms with Crippen LogP contribution in [0.3, 0.4) is 0 Å². The molecule has 21 aromatic rings. The number of nitrogens with one attached hydrogen (secondary N) is 1. The van der Waals surface area contributed by atoms with Gasteiger partial charge in [-0.05, 0) is 201 Å². The molecule has 0 bridgehead atoms. The largest absolute Gasteiger partial charge is 0.397 e. The van der Waals surface area contributed by atoms with E-state index >= 15 is 0 Å². The van der Waals surface area contributed by atoms with E-state index in [0.29, 0.717) is 0 Å². The summed E-state index contributed by atoms with van der Waals surface area (Å²) < 4.78 is 2.32. The van der Waals surface area contributed by atoms with Crippen molar-refractivity contribution in [1.29, 1.82) is 0 Å². The second kappa shape index (κ2) is 29.2. The molecule has 0 aliphatic heterocycles. The van der Waals surface area contributed by atoms with Crippen molar-refractivity contribution in [3.63, 3.8) is 0 Å². The molecule has 3 N–H and O–H groups in total. The number of benzene rings is 20. The van der Waals surface area contributed by atoms with Crippen LogP contribution in [0.4, 0.5) is 17.1 Å². The number of nitrogens with two attached hydrogens (primary N) is 1. The number of rotatable bonds is 11. The summed E-state index contributed by atoms with van der Waals surface area (Å²) in [5.41, 5.74) is 28.3. The number of carbonyl (C=O) groups excluding carboxylic acids is 1. The number of fused-ring (bicyclic) bond motifs is 9. The number of aldehydes is 1. The third-order valence-electron chi connectivity index (χ3n) is 21.7. The van der Waals surface area contributed by atoms with Gasteiger partial charge in [-0.3, -0.25) is 9.36 Å². The van der Waals surface area contributed by atoms with E-state index in [-0.39, 0.29) is 0 Å². The number of hydrogen-bond acceptors (Lipinski definition) is 4. The summed E-state index contributed by atoms with van der Waals surface area (Å²) in [5, 5.41) is 22.2. The lowest BCUT2D eigenvalue weighted by Gasteiger charge is -2.19. The zero-order chi connectivity index (χ0) is 74.1. The highest BCUT2D eigenvalue weighted by atomic mass is 16.1. The van der Waals surface area contributed by atoms with Gasteiger partial charge in [0.1, 0.15) is 5.82 Å². The predicted molar refractivity (Wildman–Crippen MR) is 472 cm³/mol. The molecule has 21 rings (SSSR count). The van der Waals surface area contributed by atoms with Crippen molar-refractivity contribution in [2.75, 3.05) is 11.1 Å². The van der Waals surface area contributed by atoms with Crippen molar-refractivity contribution in [2.24, 2.45) is 0 Å². The highest BCUT2D eigenvalue weighted by Gasteiger charge is 2.25. The quantitative estimate of drug-likeness (QED) is 0.0769. The van der Waals surface area contributed by atoms with Crippen molar-refractivity contribution in [3.05, 3.63) is 418 Å². The molecule has 0 unspecified atom stereocenters. The summed E-state index contributed by atoms with van der Waals surface area (Å²) in [7, 11) is 0. The van der Waals surface area contributed by atoms with Crippen molar-refractivity contribution >= 4 is 121 Å². The standard InChI is InChI=1S/C53H34N2.C41H26O.C12H12N2/c1-3-17-35(18-4-1)49-39-21-7-9-23-41(39)50(42-24-10-8-22-40(42)49)36-31-33-37(34-32-36)51-43-25-11-13-27-45(43)52(46-28-14-12-26-44(46)51)53-54-47-29-15-16-30-48(47)55(53)38-19-5-2-6-20-38;42-26-38-30-14-4-6-16-32(30)40(33-17-7-5-15-31(33)38)28-22-24-29(25-23-28)41-36-20-10-8-18-34(36)39(27-12-2-1-3-13-27)35-19-9-11-21-37(35)41;13-11-8-4-5-9-12(11)14-10-6-2-1-3-7-10/h1-34H;1-26H;1-9,14H,13H2. The van der Waals surface area contributed by atoms with Gasteiger partial charge in [0.2, 0.25) is 0 Å². The molecule has 0 aliphatic carbocycles. The Labute approximate surface area is 643 Å². The molecule has 1 aromatic heterocycles. The molecule has 0 saturated carbocycles. The lowest BCUT2D eigenvalue weighted by Crippen LogP contribution is -1.99. The monoisotopic (exact) mass is 1420 g/mol. The second-order valence-corrected chi connectivity index (χ2v) is 28.1. The number of carbonyl (C=O) groups is 1. The predicted octanol–water partition coefficient (Wildman–Crippen LogP) is 28.4. The van der Waals surface area contributed by atoms with Crippen LogP contribution in [-0.2, 0) is 0 Å². The fourth-order valence-electron chi connectivity index (χ4n) is 16.9. The third kappa shape index (κ3) is 12.1. The third-order valence-corrected chi connectivity index (χ3v) is 21.7. The molecule has 111 heavy (non-hydrogen) atoms. The number of nitrogens with zero attached hydrogens (tertiary/aromatic N) is 2. The van der Waals surface area contributed by atoms with Gasteiger partial charge in [0.15, 0.2) is 6.29 Å². The van der Waals surface area contributed by atoms with Gasteiger partial charge in [-0.25, -0.2) is 4.98 Å². The maximum Gasteiger partial charge on any atom is 0.151 e. The smallest absolute Gasteiger partial charge is 0.151 e. The SMILES string of the molecule is Nc1ccccc1Nc1ccccc1.O=Cc1c2ccccc2c(-c2ccc(-c3c4ccccc4c(-c4ccccc4)c4ccccc34)cc2)c2ccccc12.c1ccc(-c2c3ccccc3c(-c3ccc(-c4c5ccccc5c(-c5nc6ccccc6n5-c5ccccc5)c5ccccc45)cc3)c3ccccc23)cc1. The molecule has 1 heterocycles. The van der Waals surface area contributed by atoms with Crippen LogP contribution in [0.15, 0.2) is 413 Å². The average molecular weight is 1420 g/mol. The molecule has 0 radical (unpaired) electrons. The summed E-state index contributed by atoms with van der Waals surface area (Å²) in [5.74, 6) is 0.944. The van der Waals surface area contributed by atoms with Gasteiger partial charge in [-0.15, -0.1) is 0 Å². The van der Waals surface area contributed by atoms with E-state index in [4.69, 9.17) is 10.7 Å². The molecule has 522 valence electrons. The van der Waals surface area contributed by atoms with Crippen molar-refractivity contribution < 1.29 is 4.79 Å². The van der Waals surface area contributed by atoms with Crippen LogP contribution >= 0.6 is 0 Å². The Morgan fingerprint density at radius 1 is 0.243 bits per heavy atom.